The third-order valence-electron chi connectivity index (χ3n) is 4.42. The van der Waals surface area contributed by atoms with Crippen molar-refractivity contribution in [1.29, 1.82) is 0 Å². The minimum absolute atomic E-state index is 0.0853. The van der Waals surface area contributed by atoms with E-state index >= 15 is 0 Å². The Morgan fingerprint density at radius 1 is 1.36 bits per heavy atom. The highest BCUT2D eigenvalue weighted by atomic mass is 32.2. The van der Waals surface area contributed by atoms with Crippen LogP contribution in [0.5, 0.6) is 0 Å². The van der Waals surface area contributed by atoms with Crippen LogP contribution < -0.4 is 0 Å². The van der Waals surface area contributed by atoms with Gasteiger partial charge in [0.05, 0.1) is 6.20 Å². The van der Waals surface area contributed by atoms with E-state index in [0.29, 0.717) is 36.7 Å². The molecule has 1 atom stereocenters. The van der Waals surface area contributed by atoms with Crippen molar-refractivity contribution in [1.82, 2.24) is 13.6 Å². The maximum atomic E-state index is 13.8. The molecular formula is C17H22FN3O3S. The SMILES string of the molecule is CN(C)S(=O)(=O)N1CCC[C@H](c2ncc(Cc3ccccc3F)o2)C1. The molecule has 0 bridgehead atoms. The fraction of sp³-hybridized carbons (Fsp3) is 0.471. The molecule has 8 heteroatoms. The molecule has 25 heavy (non-hydrogen) atoms. The lowest BCUT2D eigenvalue weighted by atomic mass is 10.00. The van der Waals surface area contributed by atoms with Crippen molar-refractivity contribution in [2.75, 3.05) is 27.2 Å². The lowest BCUT2D eigenvalue weighted by Crippen LogP contribution is -2.44. The number of hydrogen-bond acceptors (Lipinski definition) is 4. The van der Waals surface area contributed by atoms with Crippen LogP contribution in [0.15, 0.2) is 34.9 Å². The number of nitrogens with zero attached hydrogens (tertiary/aromatic N) is 3. The van der Waals surface area contributed by atoms with Gasteiger partial charge in [-0.2, -0.15) is 17.0 Å². The average Bonchev–Trinajstić information content (AvgIpc) is 3.05. The van der Waals surface area contributed by atoms with Gasteiger partial charge in [0.25, 0.3) is 10.2 Å². The zero-order chi connectivity index (χ0) is 18.0. The van der Waals surface area contributed by atoms with Crippen molar-refractivity contribution in [3.63, 3.8) is 0 Å². The minimum Gasteiger partial charge on any atom is -0.445 e. The number of aromatic nitrogens is 1. The fourth-order valence-corrected chi connectivity index (χ4v) is 4.20. The van der Waals surface area contributed by atoms with Crippen LogP contribution in [0.1, 0.15) is 36.0 Å². The highest BCUT2D eigenvalue weighted by molar-refractivity contribution is 7.86. The predicted molar refractivity (Wildman–Crippen MR) is 91.9 cm³/mol. The average molecular weight is 367 g/mol. The van der Waals surface area contributed by atoms with Gasteiger partial charge in [-0.05, 0) is 24.5 Å². The van der Waals surface area contributed by atoms with E-state index < -0.39 is 10.2 Å². The van der Waals surface area contributed by atoms with Gasteiger partial charge in [-0.25, -0.2) is 9.37 Å². The van der Waals surface area contributed by atoms with Crippen molar-refractivity contribution in [2.45, 2.75) is 25.2 Å². The summed E-state index contributed by atoms with van der Waals surface area (Å²) in [6.07, 6.45) is 3.50. The summed E-state index contributed by atoms with van der Waals surface area (Å²) in [7, 11) is -0.392. The molecule has 0 unspecified atom stereocenters. The molecule has 1 aromatic carbocycles. The lowest BCUT2D eigenvalue weighted by molar-refractivity contribution is 0.270. The van der Waals surface area contributed by atoms with Gasteiger partial charge in [0.15, 0.2) is 5.89 Å². The van der Waals surface area contributed by atoms with Crippen LogP contribution in [0.25, 0.3) is 0 Å². The van der Waals surface area contributed by atoms with Gasteiger partial charge in [-0.3, -0.25) is 0 Å². The molecule has 6 nitrogen and oxygen atoms in total. The largest absolute Gasteiger partial charge is 0.445 e. The Labute approximate surface area is 147 Å². The number of piperidine rings is 1. The van der Waals surface area contributed by atoms with Crippen LogP contribution in [0.4, 0.5) is 4.39 Å². The maximum absolute atomic E-state index is 13.8. The molecule has 0 radical (unpaired) electrons. The fourth-order valence-electron chi connectivity index (χ4n) is 3.01. The number of benzene rings is 1. The minimum atomic E-state index is -3.44. The third kappa shape index (κ3) is 3.91. The summed E-state index contributed by atoms with van der Waals surface area (Å²) in [6.45, 7) is 0.847. The molecule has 2 aromatic rings. The summed E-state index contributed by atoms with van der Waals surface area (Å²) in [5.41, 5.74) is 0.547. The molecule has 1 saturated heterocycles. The Hall–Kier alpha value is -1.77. The quantitative estimate of drug-likeness (QED) is 0.814. The predicted octanol–water partition coefficient (Wildman–Crippen LogP) is 2.39. The van der Waals surface area contributed by atoms with E-state index in [2.05, 4.69) is 4.98 Å². The van der Waals surface area contributed by atoms with Gasteiger partial charge >= 0.3 is 0 Å². The van der Waals surface area contributed by atoms with E-state index in [1.54, 1.807) is 24.4 Å². The topological polar surface area (TPSA) is 66.7 Å². The molecule has 1 aliphatic rings. The third-order valence-corrected chi connectivity index (χ3v) is 6.32. The number of rotatable bonds is 5. The maximum Gasteiger partial charge on any atom is 0.281 e. The molecule has 0 aliphatic carbocycles. The van der Waals surface area contributed by atoms with Crippen LogP contribution in [0.3, 0.4) is 0 Å². The zero-order valence-electron chi connectivity index (χ0n) is 14.4. The molecule has 136 valence electrons. The van der Waals surface area contributed by atoms with E-state index in [0.717, 1.165) is 12.8 Å². The number of hydrogen-bond donors (Lipinski definition) is 0. The molecule has 2 heterocycles. The lowest BCUT2D eigenvalue weighted by Gasteiger charge is -2.32. The molecule has 1 fully saturated rings. The zero-order valence-corrected chi connectivity index (χ0v) is 15.2. The second-order valence-corrected chi connectivity index (χ2v) is 8.56. The first-order chi connectivity index (χ1) is 11.9. The number of halogens is 1. The molecule has 1 aromatic heterocycles. The van der Waals surface area contributed by atoms with Crippen molar-refractivity contribution in [3.05, 3.63) is 53.5 Å². The Balaban J connectivity index is 1.73. The molecule has 1 aliphatic heterocycles. The highest BCUT2D eigenvalue weighted by Gasteiger charge is 2.33. The Kier molecular flexibility index (Phi) is 5.21. The first-order valence-electron chi connectivity index (χ1n) is 8.23. The second kappa shape index (κ2) is 7.23. The van der Waals surface area contributed by atoms with E-state index in [1.165, 1.54) is 28.8 Å². The van der Waals surface area contributed by atoms with Crippen LogP contribution in [0, 0.1) is 5.82 Å². The summed E-state index contributed by atoms with van der Waals surface area (Å²) >= 11 is 0. The van der Waals surface area contributed by atoms with Gasteiger partial charge in [-0.1, -0.05) is 18.2 Å². The molecule has 3 rings (SSSR count). The second-order valence-electron chi connectivity index (χ2n) is 6.42. The molecule has 0 amide bonds. The summed E-state index contributed by atoms with van der Waals surface area (Å²) in [5.74, 6) is 0.733. The Morgan fingerprint density at radius 2 is 2.12 bits per heavy atom. The summed E-state index contributed by atoms with van der Waals surface area (Å²) in [4.78, 5) is 4.30. The van der Waals surface area contributed by atoms with Gasteiger partial charge in [0.2, 0.25) is 0 Å². The van der Waals surface area contributed by atoms with E-state index in [-0.39, 0.29) is 11.7 Å². The monoisotopic (exact) mass is 367 g/mol. The molecular weight excluding hydrogens is 345 g/mol. The standard InChI is InChI=1S/C17H22FN3O3S/c1-20(2)25(22,23)21-9-5-7-14(12-21)17-19-11-15(24-17)10-13-6-3-4-8-16(13)18/h3-4,6,8,11,14H,5,7,9-10,12H2,1-2H3/t14-/m0/s1. The Morgan fingerprint density at radius 3 is 2.84 bits per heavy atom. The molecule has 0 N–H and O–H groups in total. The summed E-state index contributed by atoms with van der Waals surface area (Å²) in [6, 6.07) is 6.55. The van der Waals surface area contributed by atoms with E-state index in [4.69, 9.17) is 4.42 Å². The van der Waals surface area contributed by atoms with Crippen molar-refractivity contribution >= 4 is 10.2 Å². The molecule has 0 spiro atoms. The van der Waals surface area contributed by atoms with Crippen molar-refractivity contribution < 1.29 is 17.2 Å². The van der Waals surface area contributed by atoms with Gasteiger partial charge in [0, 0.05) is 39.5 Å². The smallest absolute Gasteiger partial charge is 0.281 e. The first-order valence-corrected chi connectivity index (χ1v) is 9.63. The van der Waals surface area contributed by atoms with E-state index in [9.17, 15) is 12.8 Å². The highest BCUT2D eigenvalue weighted by Crippen LogP contribution is 2.29. The van der Waals surface area contributed by atoms with Gasteiger partial charge in [-0.15, -0.1) is 0 Å². The van der Waals surface area contributed by atoms with Crippen molar-refractivity contribution in [2.24, 2.45) is 0 Å². The Bertz CT molecular complexity index is 835. The summed E-state index contributed by atoms with van der Waals surface area (Å²) in [5, 5.41) is 0. The van der Waals surface area contributed by atoms with Crippen LogP contribution in [0.2, 0.25) is 0 Å². The van der Waals surface area contributed by atoms with Crippen LogP contribution in [-0.4, -0.2) is 49.2 Å². The number of oxazole rings is 1. The van der Waals surface area contributed by atoms with Crippen molar-refractivity contribution in [3.8, 4) is 0 Å². The normalized spacial score (nSPS) is 19.4. The van der Waals surface area contributed by atoms with Gasteiger partial charge in [0.1, 0.15) is 11.6 Å². The molecule has 0 saturated carbocycles. The summed E-state index contributed by atoms with van der Waals surface area (Å²) < 4.78 is 46.8. The van der Waals surface area contributed by atoms with E-state index in [1.807, 2.05) is 0 Å². The van der Waals surface area contributed by atoms with Gasteiger partial charge < -0.3 is 4.42 Å². The van der Waals surface area contributed by atoms with Crippen LogP contribution >= 0.6 is 0 Å². The first kappa shape index (κ1) is 18.0. The van der Waals surface area contributed by atoms with Crippen LogP contribution in [-0.2, 0) is 16.6 Å².